The minimum absolute atomic E-state index is 0.194. The molecule has 1 atom stereocenters. The number of fused-ring (bicyclic) bond motifs is 1. The number of hydrogen-bond acceptors (Lipinski definition) is 3. The molecule has 1 aliphatic heterocycles. The van der Waals surface area contributed by atoms with E-state index in [0.717, 1.165) is 5.56 Å². The molecule has 0 spiro atoms. The van der Waals surface area contributed by atoms with Crippen LogP contribution < -0.4 is 15.5 Å². The normalized spacial score (nSPS) is 15.1. The van der Waals surface area contributed by atoms with Gasteiger partial charge in [-0.2, -0.15) is 0 Å². The molecule has 7 heteroatoms. The Balaban J connectivity index is 1.64. The third-order valence-corrected chi connectivity index (χ3v) is 5.31. The van der Waals surface area contributed by atoms with Crippen molar-refractivity contribution in [2.45, 2.75) is 19.4 Å². The number of benzene rings is 3. The number of amides is 3. The Morgan fingerprint density at radius 3 is 2.39 bits per heavy atom. The number of nitrogens with zero attached hydrogens (tertiary/aromatic N) is 1. The van der Waals surface area contributed by atoms with Crippen LogP contribution in [0.5, 0.6) is 0 Å². The van der Waals surface area contributed by atoms with E-state index in [2.05, 4.69) is 10.6 Å². The van der Waals surface area contributed by atoms with Gasteiger partial charge in [-0.25, -0.2) is 0 Å². The molecule has 6 nitrogen and oxygen atoms in total. The molecule has 0 unspecified atom stereocenters. The number of anilines is 3. The highest BCUT2D eigenvalue weighted by atomic mass is 35.5. The summed E-state index contributed by atoms with van der Waals surface area (Å²) < 4.78 is 0. The first-order valence-electron chi connectivity index (χ1n) is 9.78. The van der Waals surface area contributed by atoms with E-state index in [9.17, 15) is 14.4 Å². The van der Waals surface area contributed by atoms with Gasteiger partial charge in [0, 0.05) is 16.3 Å². The van der Waals surface area contributed by atoms with Crippen molar-refractivity contribution < 1.29 is 14.4 Å². The Bertz CT molecular complexity index is 1140. The van der Waals surface area contributed by atoms with Crippen molar-refractivity contribution in [2.24, 2.45) is 0 Å². The van der Waals surface area contributed by atoms with Crippen molar-refractivity contribution in [3.8, 4) is 0 Å². The van der Waals surface area contributed by atoms with E-state index in [1.165, 1.54) is 4.90 Å². The lowest BCUT2D eigenvalue weighted by Gasteiger charge is -2.36. The quantitative estimate of drug-likeness (QED) is 0.628. The van der Waals surface area contributed by atoms with Crippen molar-refractivity contribution in [1.82, 2.24) is 0 Å². The zero-order valence-electron chi connectivity index (χ0n) is 16.8. The molecular weight excluding hydrogens is 414 g/mol. The first-order valence-corrected chi connectivity index (χ1v) is 10.2. The van der Waals surface area contributed by atoms with Gasteiger partial charge >= 0.3 is 0 Å². The highest BCUT2D eigenvalue weighted by Gasteiger charge is 2.38. The van der Waals surface area contributed by atoms with Crippen LogP contribution >= 0.6 is 11.6 Å². The van der Waals surface area contributed by atoms with E-state index < -0.39 is 11.9 Å². The molecule has 4 rings (SSSR count). The summed E-state index contributed by atoms with van der Waals surface area (Å²) in [6, 6.07) is 19.8. The maximum atomic E-state index is 13.4. The van der Waals surface area contributed by atoms with Gasteiger partial charge in [0.15, 0.2) is 0 Å². The van der Waals surface area contributed by atoms with E-state index >= 15 is 0 Å². The third-order valence-electron chi connectivity index (χ3n) is 5.06. The summed E-state index contributed by atoms with van der Waals surface area (Å²) in [5.74, 6) is -1.14. The molecule has 0 radical (unpaired) electrons. The second-order valence-electron chi connectivity index (χ2n) is 7.32. The highest BCUT2D eigenvalue weighted by Crippen LogP contribution is 2.34. The number of para-hydroxylation sites is 2. The van der Waals surface area contributed by atoms with Crippen LogP contribution in [-0.2, 0) is 9.59 Å². The highest BCUT2D eigenvalue weighted by molar-refractivity contribution is 6.30. The second-order valence-corrected chi connectivity index (χ2v) is 7.76. The monoisotopic (exact) mass is 433 g/mol. The van der Waals surface area contributed by atoms with Gasteiger partial charge in [0.2, 0.25) is 11.8 Å². The van der Waals surface area contributed by atoms with E-state index in [0.29, 0.717) is 27.6 Å². The van der Waals surface area contributed by atoms with Gasteiger partial charge in [0.05, 0.1) is 17.8 Å². The summed E-state index contributed by atoms with van der Waals surface area (Å²) in [4.78, 5) is 40.4. The van der Waals surface area contributed by atoms with Crippen LogP contribution in [0.4, 0.5) is 17.1 Å². The maximum absolute atomic E-state index is 13.4. The van der Waals surface area contributed by atoms with Gasteiger partial charge in [-0.15, -0.1) is 0 Å². The average molecular weight is 434 g/mol. The van der Waals surface area contributed by atoms with Crippen LogP contribution in [0.1, 0.15) is 22.3 Å². The number of carbonyl (C=O) groups is 3. The average Bonchev–Trinajstić information content (AvgIpc) is 2.76. The van der Waals surface area contributed by atoms with Gasteiger partial charge in [0.1, 0.15) is 6.04 Å². The summed E-state index contributed by atoms with van der Waals surface area (Å²) in [5.41, 5.74) is 3.10. The largest absolute Gasteiger partial charge is 0.326 e. The zero-order valence-corrected chi connectivity index (χ0v) is 17.5. The fourth-order valence-corrected chi connectivity index (χ4v) is 3.61. The molecule has 2 N–H and O–H groups in total. The van der Waals surface area contributed by atoms with E-state index in [1.54, 1.807) is 60.7 Å². The second kappa shape index (κ2) is 8.62. The van der Waals surface area contributed by atoms with Crippen LogP contribution in [0, 0.1) is 6.92 Å². The van der Waals surface area contributed by atoms with E-state index in [-0.39, 0.29) is 18.2 Å². The lowest BCUT2D eigenvalue weighted by molar-refractivity contribution is -0.122. The number of rotatable bonds is 4. The molecule has 1 heterocycles. The topological polar surface area (TPSA) is 78.5 Å². The molecule has 0 aromatic heterocycles. The fourth-order valence-electron chi connectivity index (χ4n) is 3.48. The SMILES string of the molecule is Cc1ccc(C(=O)N2c3ccccc3NC(=O)[C@H]2CC(=O)Nc2ccc(Cl)cc2)cc1. The first kappa shape index (κ1) is 20.6. The third kappa shape index (κ3) is 4.44. The molecule has 3 amide bonds. The summed E-state index contributed by atoms with van der Waals surface area (Å²) in [5, 5.41) is 6.11. The minimum Gasteiger partial charge on any atom is -0.326 e. The summed E-state index contributed by atoms with van der Waals surface area (Å²) in [6.07, 6.45) is -0.194. The van der Waals surface area contributed by atoms with Gasteiger partial charge in [-0.3, -0.25) is 19.3 Å². The standard InChI is InChI=1S/C24H20ClN3O3/c1-15-6-8-16(9-7-15)24(31)28-20-5-3-2-4-19(20)27-23(30)21(28)14-22(29)26-18-12-10-17(25)11-13-18/h2-13,21H,14H2,1H3,(H,26,29)(H,27,30)/t21-/m1/s1. The van der Waals surface area contributed by atoms with Crippen LogP contribution in [0.3, 0.4) is 0 Å². The molecule has 0 bridgehead atoms. The zero-order chi connectivity index (χ0) is 22.0. The molecule has 0 aliphatic carbocycles. The molecular formula is C24H20ClN3O3. The minimum atomic E-state index is -0.990. The first-order chi connectivity index (χ1) is 14.9. The lowest BCUT2D eigenvalue weighted by atomic mass is 10.0. The molecule has 3 aromatic carbocycles. The number of carbonyl (C=O) groups excluding carboxylic acids is 3. The van der Waals surface area contributed by atoms with Crippen molar-refractivity contribution in [2.75, 3.05) is 15.5 Å². The predicted molar refractivity (Wildman–Crippen MR) is 122 cm³/mol. The predicted octanol–water partition coefficient (Wildman–Crippen LogP) is 4.64. The Hall–Kier alpha value is -3.64. The van der Waals surface area contributed by atoms with Crippen LogP contribution in [0.25, 0.3) is 0 Å². The Morgan fingerprint density at radius 2 is 1.68 bits per heavy atom. The molecule has 156 valence electrons. The molecule has 31 heavy (non-hydrogen) atoms. The molecule has 0 saturated heterocycles. The maximum Gasteiger partial charge on any atom is 0.259 e. The van der Waals surface area contributed by atoms with Crippen molar-refractivity contribution in [1.29, 1.82) is 0 Å². The summed E-state index contributed by atoms with van der Waals surface area (Å²) in [6.45, 7) is 1.93. The van der Waals surface area contributed by atoms with Gasteiger partial charge in [0.25, 0.3) is 5.91 Å². The smallest absolute Gasteiger partial charge is 0.259 e. The lowest BCUT2D eigenvalue weighted by Crippen LogP contribution is -2.52. The number of aryl methyl sites for hydroxylation is 1. The molecule has 3 aromatic rings. The number of halogens is 1. The Morgan fingerprint density at radius 1 is 1.00 bits per heavy atom. The number of nitrogens with one attached hydrogen (secondary N) is 2. The summed E-state index contributed by atoms with van der Waals surface area (Å²) >= 11 is 5.88. The van der Waals surface area contributed by atoms with Gasteiger partial charge < -0.3 is 10.6 Å². The molecule has 0 fully saturated rings. The Kier molecular flexibility index (Phi) is 5.73. The van der Waals surface area contributed by atoms with E-state index in [4.69, 9.17) is 11.6 Å². The van der Waals surface area contributed by atoms with Gasteiger partial charge in [-0.05, 0) is 55.5 Å². The van der Waals surface area contributed by atoms with E-state index in [1.807, 2.05) is 19.1 Å². The van der Waals surface area contributed by atoms with Crippen molar-refractivity contribution in [3.05, 3.63) is 88.9 Å². The van der Waals surface area contributed by atoms with Gasteiger partial charge in [-0.1, -0.05) is 41.4 Å². The number of hydrogen-bond donors (Lipinski definition) is 2. The summed E-state index contributed by atoms with van der Waals surface area (Å²) in [7, 11) is 0. The van der Waals surface area contributed by atoms with Crippen molar-refractivity contribution in [3.63, 3.8) is 0 Å². The Labute approximate surface area is 184 Å². The van der Waals surface area contributed by atoms with Crippen molar-refractivity contribution >= 4 is 46.4 Å². The van der Waals surface area contributed by atoms with Crippen LogP contribution in [0.15, 0.2) is 72.8 Å². The molecule has 0 saturated carbocycles. The van der Waals surface area contributed by atoms with Crippen LogP contribution in [-0.4, -0.2) is 23.8 Å². The molecule has 1 aliphatic rings. The fraction of sp³-hybridized carbons (Fsp3) is 0.125. The van der Waals surface area contributed by atoms with Crippen LogP contribution in [0.2, 0.25) is 5.02 Å².